The van der Waals surface area contributed by atoms with Gasteiger partial charge in [0, 0.05) is 30.1 Å². The van der Waals surface area contributed by atoms with Gasteiger partial charge in [-0.05, 0) is 49.5 Å². The van der Waals surface area contributed by atoms with Gasteiger partial charge < -0.3 is 20.7 Å². The molecular weight excluding hydrogens is 415 g/mol. The average molecular weight is 447 g/mol. The van der Waals surface area contributed by atoms with Crippen LogP contribution in [0.2, 0.25) is 0 Å². The Morgan fingerprint density at radius 3 is 2.71 bits per heavy atom. The summed E-state index contributed by atoms with van der Waals surface area (Å²) in [5, 5.41) is 3.79. The first-order valence-corrected chi connectivity index (χ1v) is 12.2. The fourth-order valence-corrected chi connectivity index (χ4v) is 5.58. The second-order valence-electron chi connectivity index (χ2n) is 8.27. The van der Waals surface area contributed by atoms with E-state index in [0.717, 1.165) is 18.7 Å². The fourth-order valence-electron chi connectivity index (χ4n) is 4.33. The third-order valence-electron chi connectivity index (χ3n) is 6.01. The number of halogens is 1. The number of anilines is 4. The van der Waals surface area contributed by atoms with Crippen LogP contribution in [0.1, 0.15) is 44.9 Å². The number of hydrogen-bond donors (Lipinski definition) is 2. The first-order valence-electron chi connectivity index (χ1n) is 11.1. The predicted octanol–water partition coefficient (Wildman–Crippen LogP) is 4.63. The summed E-state index contributed by atoms with van der Waals surface area (Å²) in [4.78, 5) is 15.3. The van der Waals surface area contributed by atoms with Gasteiger partial charge in [-0.15, -0.1) is 0 Å². The van der Waals surface area contributed by atoms with Gasteiger partial charge in [0.2, 0.25) is 17.8 Å². The highest BCUT2D eigenvalue weighted by atomic mass is 32.2. The number of rotatable bonds is 8. The summed E-state index contributed by atoms with van der Waals surface area (Å²) in [5.74, 6) is 2.65. The maximum absolute atomic E-state index is 14.5. The highest BCUT2D eigenvalue weighted by molar-refractivity contribution is 8.00. The summed E-state index contributed by atoms with van der Waals surface area (Å²) in [7, 11) is 1.46. The summed E-state index contributed by atoms with van der Waals surface area (Å²) < 4.78 is 19.6. The van der Waals surface area contributed by atoms with E-state index in [9.17, 15) is 4.39 Å². The van der Waals surface area contributed by atoms with Gasteiger partial charge in [-0.25, -0.2) is 4.39 Å². The number of ether oxygens (including phenoxy) is 1. The highest BCUT2D eigenvalue weighted by Crippen LogP contribution is 2.33. The van der Waals surface area contributed by atoms with Crippen LogP contribution in [-0.4, -0.2) is 46.2 Å². The Balaban J connectivity index is 1.58. The van der Waals surface area contributed by atoms with E-state index in [1.807, 2.05) is 22.7 Å². The Labute approximate surface area is 187 Å². The largest absolute Gasteiger partial charge is 0.494 e. The Morgan fingerprint density at radius 1 is 1.16 bits per heavy atom. The summed E-state index contributed by atoms with van der Waals surface area (Å²) in [6.45, 7) is 1.51. The lowest BCUT2D eigenvalue weighted by Gasteiger charge is -2.26. The Hall–Kier alpha value is -2.29. The number of thioether (sulfide) groups is 1. The van der Waals surface area contributed by atoms with Crippen molar-refractivity contribution in [3.63, 3.8) is 0 Å². The van der Waals surface area contributed by atoms with Crippen molar-refractivity contribution in [3.05, 3.63) is 24.0 Å². The minimum atomic E-state index is -0.415. The van der Waals surface area contributed by atoms with E-state index in [1.165, 1.54) is 51.7 Å². The minimum Gasteiger partial charge on any atom is -0.494 e. The van der Waals surface area contributed by atoms with Gasteiger partial charge in [-0.2, -0.15) is 26.7 Å². The number of benzene rings is 1. The smallest absolute Gasteiger partial charge is 0.236 e. The quantitative estimate of drug-likeness (QED) is 0.607. The van der Waals surface area contributed by atoms with E-state index < -0.39 is 5.82 Å². The van der Waals surface area contributed by atoms with E-state index >= 15 is 0 Å². The van der Waals surface area contributed by atoms with Crippen LogP contribution >= 0.6 is 11.8 Å². The van der Waals surface area contributed by atoms with Crippen molar-refractivity contribution in [3.8, 4) is 5.75 Å². The van der Waals surface area contributed by atoms with Crippen LogP contribution in [0.5, 0.6) is 5.75 Å². The van der Waals surface area contributed by atoms with Gasteiger partial charge in [-0.3, -0.25) is 0 Å². The topological polar surface area (TPSA) is 89.2 Å². The van der Waals surface area contributed by atoms with Gasteiger partial charge in [0.25, 0.3) is 0 Å². The van der Waals surface area contributed by atoms with E-state index in [0.29, 0.717) is 35.3 Å². The van der Waals surface area contributed by atoms with Gasteiger partial charge >= 0.3 is 0 Å². The first kappa shape index (κ1) is 21.9. The molecule has 1 unspecified atom stereocenters. The molecule has 2 aromatic rings. The van der Waals surface area contributed by atoms with Gasteiger partial charge in [0.15, 0.2) is 11.6 Å². The first-order chi connectivity index (χ1) is 15.1. The summed E-state index contributed by atoms with van der Waals surface area (Å²) >= 11 is 1.93. The molecule has 1 aliphatic carbocycles. The fraction of sp³-hybridized carbons (Fsp3) is 0.591. The van der Waals surface area contributed by atoms with Crippen LogP contribution in [0.3, 0.4) is 0 Å². The zero-order valence-corrected chi connectivity index (χ0v) is 18.8. The van der Waals surface area contributed by atoms with Crippen LogP contribution in [-0.2, 0) is 0 Å². The summed E-state index contributed by atoms with van der Waals surface area (Å²) in [6, 6.07) is 4.93. The van der Waals surface area contributed by atoms with E-state index in [2.05, 4.69) is 20.3 Å². The molecule has 31 heavy (non-hydrogen) atoms. The zero-order valence-electron chi connectivity index (χ0n) is 18.0. The van der Waals surface area contributed by atoms with Crippen molar-refractivity contribution >= 4 is 35.3 Å². The number of hydrogen-bond acceptors (Lipinski definition) is 8. The zero-order chi connectivity index (χ0) is 21.6. The second kappa shape index (κ2) is 10.3. The average Bonchev–Trinajstić information content (AvgIpc) is 3.30. The molecule has 168 valence electrons. The van der Waals surface area contributed by atoms with Crippen molar-refractivity contribution in [2.45, 2.75) is 50.2 Å². The van der Waals surface area contributed by atoms with Crippen LogP contribution in [0.25, 0.3) is 0 Å². The maximum atomic E-state index is 14.5. The molecule has 1 aromatic heterocycles. The molecule has 2 fully saturated rings. The van der Waals surface area contributed by atoms with Gasteiger partial charge in [0.1, 0.15) is 0 Å². The van der Waals surface area contributed by atoms with Crippen molar-refractivity contribution < 1.29 is 9.13 Å². The third-order valence-corrected chi connectivity index (χ3v) is 7.39. The molecule has 9 heteroatoms. The molecular formula is C22H31FN6OS. The van der Waals surface area contributed by atoms with Gasteiger partial charge in [-0.1, -0.05) is 19.3 Å². The number of aromatic nitrogens is 3. The lowest BCUT2D eigenvalue weighted by molar-refractivity contribution is 0.373. The SMILES string of the molecule is COc1ccc(N(CC2CCCS2)c2nc(N)nc(NCC3CCCCC3)n2)cc1F. The third kappa shape index (κ3) is 5.70. The summed E-state index contributed by atoms with van der Waals surface area (Å²) in [6.07, 6.45) is 8.67. The second-order valence-corrected chi connectivity index (χ2v) is 9.67. The molecule has 1 saturated carbocycles. The molecule has 4 rings (SSSR count). The number of methoxy groups -OCH3 is 1. The lowest BCUT2D eigenvalue weighted by atomic mass is 9.89. The lowest BCUT2D eigenvalue weighted by Crippen LogP contribution is -2.28. The number of nitrogens with zero attached hydrogens (tertiary/aromatic N) is 4. The van der Waals surface area contributed by atoms with E-state index in [-0.39, 0.29) is 11.7 Å². The highest BCUT2D eigenvalue weighted by Gasteiger charge is 2.24. The number of nitrogens with two attached hydrogens (primary N) is 1. The molecule has 2 heterocycles. The molecule has 2 aliphatic rings. The van der Waals surface area contributed by atoms with Crippen LogP contribution in [0.15, 0.2) is 18.2 Å². The standard InChI is InChI=1S/C22H31FN6OS/c1-30-19-10-9-16(12-18(19)23)29(14-17-8-5-11-31-17)22-27-20(24)26-21(28-22)25-13-15-6-3-2-4-7-15/h9-10,12,15,17H,2-8,11,13-14H2,1H3,(H3,24,25,26,27,28). The summed E-state index contributed by atoms with van der Waals surface area (Å²) in [5.41, 5.74) is 6.72. The maximum Gasteiger partial charge on any atom is 0.236 e. The Kier molecular flexibility index (Phi) is 7.32. The Morgan fingerprint density at radius 2 is 2.00 bits per heavy atom. The molecule has 1 aromatic carbocycles. The minimum absolute atomic E-state index is 0.161. The van der Waals surface area contributed by atoms with Crippen LogP contribution in [0.4, 0.5) is 27.9 Å². The van der Waals surface area contributed by atoms with E-state index in [1.54, 1.807) is 6.07 Å². The van der Waals surface area contributed by atoms with Crippen molar-refractivity contribution in [2.75, 3.05) is 41.9 Å². The van der Waals surface area contributed by atoms with Crippen molar-refractivity contribution in [2.24, 2.45) is 5.92 Å². The number of nitrogen functional groups attached to an aromatic ring is 1. The normalized spacial score (nSPS) is 19.4. The van der Waals surface area contributed by atoms with Crippen LogP contribution in [0, 0.1) is 11.7 Å². The molecule has 0 bridgehead atoms. The molecule has 1 saturated heterocycles. The molecule has 7 nitrogen and oxygen atoms in total. The predicted molar refractivity (Wildman–Crippen MR) is 125 cm³/mol. The molecule has 0 radical (unpaired) electrons. The Bertz CT molecular complexity index is 873. The van der Waals surface area contributed by atoms with Crippen molar-refractivity contribution in [1.82, 2.24) is 15.0 Å². The van der Waals surface area contributed by atoms with E-state index in [4.69, 9.17) is 10.5 Å². The number of nitrogens with one attached hydrogen (secondary N) is 1. The van der Waals surface area contributed by atoms with Gasteiger partial charge in [0.05, 0.1) is 7.11 Å². The van der Waals surface area contributed by atoms with Crippen LogP contribution < -0.4 is 20.7 Å². The molecule has 1 atom stereocenters. The monoisotopic (exact) mass is 446 g/mol. The molecule has 0 spiro atoms. The molecule has 3 N–H and O–H groups in total. The molecule has 1 aliphatic heterocycles. The molecule has 0 amide bonds. The van der Waals surface area contributed by atoms with Crippen molar-refractivity contribution in [1.29, 1.82) is 0 Å².